The maximum Gasteiger partial charge on any atom is 0.180 e. The number of nitriles is 1. The van der Waals surface area contributed by atoms with Crippen molar-refractivity contribution in [1.29, 1.82) is 5.26 Å². The summed E-state index contributed by atoms with van der Waals surface area (Å²) in [4.78, 5) is 0. The van der Waals surface area contributed by atoms with Crippen LogP contribution in [0, 0.1) is 11.3 Å². The van der Waals surface area contributed by atoms with Crippen LogP contribution in [0.5, 0.6) is 5.75 Å². The molecule has 0 fully saturated rings. The Morgan fingerprint density at radius 3 is 3.00 bits per heavy atom. The largest absolute Gasteiger partial charge is 0.504 e. The van der Waals surface area contributed by atoms with Crippen molar-refractivity contribution in [3.05, 3.63) is 11.9 Å². The van der Waals surface area contributed by atoms with Gasteiger partial charge in [-0.1, -0.05) is 0 Å². The van der Waals surface area contributed by atoms with Gasteiger partial charge in [0.15, 0.2) is 11.4 Å². The maximum absolute atomic E-state index is 8.96. The van der Waals surface area contributed by atoms with Gasteiger partial charge in [0.1, 0.15) is 6.07 Å². The quantitative estimate of drug-likeness (QED) is 0.612. The molecule has 4 heteroatoms. The van der Waals surface area contributed by atoms with E-state index in [9.17, 15) is 0 Å². The molecule has 1 N–H and O–H groups in total. The van der Waals surface area contributed by atoms with Gasteiger partial charge in [0.25, 0.3) is 0 Å². The van der Waals surface area contributed by atoms with Crippen LogP contribution < -0.4 is 0 Å². The van der Waals surface area contributed by atoms with Gasteiger partial charge in [-0.3, -0.25) is 4.68 Å². The Bertz CT molecular complexity index is 271. The Labute approximate surface area is 58.3 Å². The standard InChI is InChI=1S/C6H7N3O/c1-2-9-5(3-7)6(10)4-8-9/h4,10H,2H2,1H3. The first kappa shape index (κ1) is 6.62. The molecule has 0 radical (unpaired) electrons. The first-order chi connectivity index (χ1) is 4.79. The van der Waals surface area contributed by atoms with Crippen molar-refractivity contribution in [3.63, 3.8) is 0 Å². The van der Waals surface area contributed by atoms with E-state index < -0.39 is 0 Å². The molecule has 52 valence electrons. The first-order valence-corrected chi connectivity index (χ1v) is 2.94. The third kappa shape index (κ3) is 0.818. The summed E-state index contributed by atoms with van der Waals surface area (Å²) in [5, 5.41) is 21.2. The molecular formula is C6H7N3O. The number of aryl methyl sites for hydroxylation is 1. The predicted octanol–water partition coefficient (Wildman–Crippen LogP) is 0.480. The van der Waals surface area contributed by atoms with Crippen LogP contribution in [0.2, 0.25) is 0 Å². The molecule has 4 nitrogen and oxygen atoms in total. The summed E-state index contributed by atoms with van der Waals surface area (Å²) in [6.07, 6.45) is 1.27. The Balaban J connectivity index is 3.17. The summed E-state index contributed by atoms with van der Waals surface area (Å²) in [6.45, 7) is 2.46. The van der Waals surface area contributed by atoms with E-state index in [0.29, 0.717) is 6.54 Å². The van der Waals surface area contributed by atoms with Crippen LogP contribution >= 0.6 is 0 Å². The van der Waals surface area contributed by atoms with Gasteiger partial charge in [-0.15, -0.1) is 0 Å². The first-order valence-electron chi connectivity index (χ1n) is 2.94. The fourth-order valence-corrected chi connectivity index (χ4v) is 0.730. The van der Waals surface area contributed by atoms with E-state index in [0.717, 1.165) is 0 Å². The Hall–Kier alpha value is -1.50. The van der Waals surface area contributed by atoms with E-state index in [-0.39, 0.29) is 11.4 Å². The zero-order valence-electron chi connectivity index (χ0n) is 5.57. The van der Waals surface area contributed by atoms with Crippen molar-refractivity contribution >= 4 is 0 Å². The second-order valence-corrected chi connectivity index (χ2v) is 1.81. The molecule has 0 aromatic carbocycles. The molecule has 1 aromatic rings. The highest BCUT2D eigenvalue weighted by molar-refractivity contribution is 5.34. The molecule has 0 saturated carbocycles. The molecule has 0 spiro atoms. The molecule has 1 rings (SSSR count). The molecule has 0 unspecified atom stereocenters. The van der Waals surface area contributed by atoms with E-state index in [2.05, 4.69) is 5.10 Å². The lowest BCUT2D eigenvalue weighted by molar-refractivity contribution is 0.471. The van der Waals surface area contributed by atoms with Gasteiger partial charge < -0.3 is 5.11 Å². The van der Waals surface area contributed by atoms with Gasteiger partial charge in [0.05, 0.1) is 6.20 Å². The van der Waals surface area contributed by atoms with Crippen LogP contribution in [-0.2, 0) is 6.54 Å². The van der Waals surface area contributed by atoms with Gasteiger partial charge >= 0.3 is 0 Å². The third-order valence-electron chi connectivity index (χ3n) is 1.23. The molecule has 1 heterocycles. The third-order valence-corrected chi connectivity index (χ3v) is 1.23. The molecule has 0 amide bonds. The van der Waals surface area contributed by atoms with E-state index in [1.54, 1.807) is 0 Å². The van der Waals surface area contributed by atoms with Gasteiger partial charge in [0, 0.05) is 6.54 Å². The van der Waals surface area contributed by atoms with Crippen LogP contribution in [0.4, 0.5) is 0 Å². The van der Waals surface area contributed by atoms with Gasteiger partial charge in [-0.2, -0.15) is 10.4 Å². The number of rotatable bonds is 1. The maximum atomic E-state index is 8.96. The minimum Gasteiger partial charge on any atom is -0.504 e. The molecule has 0 bridgehead atoms. The smallest absolute Gasteiger partial charge is 0.180 e. The van der Waals surface area contributed by atoms with E-state index >= 15 is 0 Å². The molecule has 0 aliphatic rings. The summed E-state index contributed by atoms with van der Waals surface area (Å²) in [5.74, 6) is -0.0515. The van der Waals surface area contributed by atoms with Gasteiger partial charge in [-0.25, -0.2) is 0 Å². The second kappa shape index (κ2) is 2.40. The zero-order chi connectivity index (χ0) is 7.56. The van der Waals surface area contributed by atoms with Crippen LogP contribution in [-0.4, -0.2) is 14.9 Å². The molecular weight excluding hydrogens is 130 g/mol. The Morgan fingerprint density at radius 1 is 1.90 bits per heavy atom. The average molecular weight is 137 g/mol. The normalized spacial score (nSPS) is 9.20. The highest BCUT2D eigenvalue weighted by atomic mass is 16.3. The highest BCUT2D eigenvalue weighted by Gasteiger charge is 2.05. The number of aromatic nitrogens is 2. The van der Waals surface area contributed by atoms with Crippen LogP contribution in [0.25, 0.3) is 0 Å². The summed E-state index contributed by atoms with van der Waals surface area (Å²) in [7, 11) is 0. The Morgan fingerprint density at radius 2 is 2.60 bits per heavy atom. The molecule has 1 aromatic heterocycles. The topological polar surface area (TPSA) is 61.8 Å². The van der Waals surface area contributed by atoms with Gasteiger partial charge in [0.2, 0.25) is 0 Å². The van der Waals surface area contributed by atoms with Crippen molar-refractivity contribution in [2.75, 3.05) is 0 Å². The Kier molecular flexibility index (Phi) is 1.59. The lowest BCUT2D eigenvalue weighted by Gasteiger charge is -1.93. The van der Waals surface area contributed by atoms with Gasteiger partial charge in [-0.05, 0) is 6.92 Å². The van der Waals surface area contributed by atoms with E-state index in [4.69, 9.17) is 10.4 Å². The highest BCUT2D eigenvalue weighted by Crippen LogP contribution is 2.13. The average Bonchev–Trinajstić information content (AvgIpc) is 2.30. The SMILES string of the molecule is CCn1ncc(O)c1C#N. The summed E-state index contributed by atoms with van der Waals surface area (Å²) in [6, 6.07) is 1.85. The van der Waals surface area contributed by atoms with Crippen LogP contribution in [0.1, 0.15) is 12.6 Å². The molecule has 0 aliphatic heterocycles. The van der Waals surface area contributed by atoms with E-state index in [1.165, 1.54) is 10.9 Å². The summed E-state index contributed by atoms with van der Waals surface area (Å²) in [5.41, 5.74) is 0.225. The summed E-state index contributed by atoms with van der Waals surface area (Å²) >= 11 is 0. The molecule has 10 heavy (non-hydrogen) atoms. The fourth-order valence-electron chi connectivity index (χ4n) is 0.730. The fraction of sp³-hybridized carbons (Fsp3) is 0.333. The molecule has 0 aliphatic carbocycles. The van der Waals surface area contributed by atoms with Crippen molar-refractivity contribution in [1.82, 2.24) is 9.78 Å². The summed E-state index contributed by atoms with van der Waals surface area (Å²) < 4.78 is 1.44. The van der Waals surface area contributed by atoms with Crippen molar-refractivity contribution in [2.24, 2.45) is 0 Å². The monoisotopic (exact) mass is 137 g/mol. The number of hydrogen-bond acceptors (Lipinski definition) is 3. The number of nitrogens with zero attached hydrogens (tertiary/aromatic N) is 3. The van der Waals surface area contributed by atoms with E-state index in [1.807, 2.05) is 13.0 Å². The number of hydrogen-bond donors (Lipinski definition) is 1. The lowest BCUT2D eigenvalue weighted by atomic mass is 10.4. The zero-order valence-corrected chi connectivity index (χ0v) is 5.57. The second-order valence-electron chi connectivity index (χ2n) is 1.81. The minimum absolute atomic E-state index is 0.0515. The number of aromatic hydroxyl groups is 1. The molecule has 0 saturated heterocycles. The lowest BCUT2D eigenvalue weighted by Crippen LogP contribution is -1.98. The minimum atomic E-state index is -0.0515. The molecule has 0 atom stereocenters. The van der Waals surface area contributed by atoms with Crippen LogP contribution in [0.3, 0.4) is 0 Å². The van der Waals surface area contributed by atoms with Crippen LogP contribution in [0.15, 0.2) is 6.20 Å². The van der Waals surface area contributed by atoms with Crippen molar-refractivity contribution in [3.8, 4) is 11.8 Å². The van der Waals surface area contributed by atoms with Crippen molar-refractivity contribution in [2.45, 2.75) is 13.5 Å². The predicted molar refractivity (Wildman–Crippen MR) is 34.3 cm³/mol. The van der Waals surface area contributed by atoms with Crippen molar-refractivity contribution < 1.29 is 5.11 Å².